The van der Waals surface area contributed by atoms with Crippen LogP contribution in [0.2, 0.25) is 0 Å². The van der Waals surface area contributed by atoms with E-state index >= 15 is 0 Å². The van der Waals surface area contributed by atoms with Gasteiger partial charge in [0.15, 0.2) is 17.6 Å². The van der Waals surface area contributed by atoms with Gasteiger partial charge in [0.1, 0.15) is 0 Å². The molecule has 2 unspecified atom stereocenters. The molecule has 0 bridgehead atoms. The number of hydrogen-bond acceptors (Lipinski definition) is 2. The average Bonchev–Trinajstić information content (AvgIpc) is 2.97. The lowest BCUT2D eigenvalue weighted by molar-refractivity contribution is 0.505. The lowest BCUT2D eigenvalue weighted by Gasteiger charge is -2.25. The van der Waals surface area contributed by atoms with Crippen LogP contribution in [0.5, 0.6) is 0 Å². The Labute approximate surface area is 141 Å². The van der Waals surface area contributed by atoms with E-state index in [0.29, 0.717) is 6.54 Å². The summed E-state index contributed by atoms with van der Waals surface area (Å²) < 4.78 is 26.6. The standard InChI is InChI=1S/C17H25F2N3S/c1-12(13-5-6-14(18)15(19)9-13)10-21-16(20-3)22-11-17(2)7-4-8-23-17/h5-6,9,12H,4,7-8,10-11H2,1-3H3,(H2,20,21,22). The van der Waals surface area contributed by atoms with Gasteiger partial charge >= 0.3 is 0 Å². The number of benzene rings is 1. The first kappa shape index (κ1) is 18.0. The molecule has 0 amide bonds. The number of nitrogens with zero attached hydrogens (tertiary/aromatic N) is 1. The molecule has 2 N–H and O–H groups in total. The number of thioether (sulfide) groups is 1. The van der Waals surface area contributed by atoms with Crippen LogP contribution in [0.1, 0.15) is 38.2 Å². The largest absolute Gasteiger partial charge is 0.356 e. The van der Waals surface area contributed by atoms with Gasteiger partial charge in [-0.1, -0.05) is 13.0 Å². The van der Waals surface area contributed by atoms with E-state index in [0.717, 1.165) is 18.1 Å². The third kappa shape index (κ3) is 5.09. The summed E-state index contributed by atoms with van der Waals surface area (Å²) in [6.45, 7) is 5.72. The van der Waals surface area contributed by atoms with Crippen LogP contribution < -0.4 is 10.6 Å². The van der Waals surface area contributed by atoms with Crippen LogP contribution in [0.25, 0.3) is 0 Å². The lowest BCUT2D eigenvalue weighted by atomic mass is 10.0. The van der Waals surface area contributed by atoms with Crippen molar-refractivity contribution in [3.63, 3.8) is 0 Å². The third-order valence-electron chi connectivity index (χ3n) is 4.24. The van der Waals surface area contributed by atoms with Gasteiger partial charge in [-0.15, -0.1) is 0 Å². The molecule has 6 heteroatoms. The van der Waals surface area contributed by atoms with Crippen molar-refractivity contribution in [2.24, 2.45) is 4.99 Å². The first-order valence-electron chi connectivity index (χ1n) is 7.97. The van der Waals surface area contributed by atoms with Crippen LogP contribution in [-0.4, -0.2) is 36.6 Å². The topological polar surface area (TPSA) is 36.4 Å². The molecule has 0 aromatic heterocycles. The molecule has 1 aromatic carbocycles. The van der Waals surface area contributed by atoms with Crippen LogP contribution in [0.15, 0.2) is 23.2 Å². The van der Waals surface area contributed by atoms with E-state index in [2.05, 4.69) is 22.5 Å². The van der Waals surface area contributed by atoms with Crippen molar-refractivity contribution < 1.29 is 8.78 Å². The molecule has 0 spiro atoms. The molecule has 1 aliphatic rings. The average molecular weight is 341 g/mol. The molecule has 23 heavy (non-hydrogen) atoms. The predicted molar refractivity (Wildman–Crippen MR) is 94.2 cm³/mol. The molecular weight excluding hydrogens is 316 g/mol. The van der Waals surface area contributed by atoms with Gasteiger partial charge in [0, 0.05) is 24.9 Å². The monoisotopic (exact) mass is 341 g/mol. The molecule has 1 heterocycles. The Bertz CT molecular complexity index is 557. The smallest absolute Gasteiger partial charge is 0.191 e. The summed E-state index contributed by atoms with van der Waals surface area (Å²) in [5.41, 5.74) is 0.769. The second-order valence-electron chi connectivity index (χ2n) is 6.28. The summed E-state index contributed by atoms with van der Waals surface area (Å²) in [6, 6.07) is 4.05. The fourth-order valence-electron chi connectivity index (χ4n) is 2.65. The highest BCUT2D eigenvalue weighted by atomic mass is 32.2. The Morgan fingerprint density at radius 1 is 1.35 bits per heavy atom. The summed E-state index contributed by atoms with van der Waals surface area (Å²) >= 11 is 2.00. The van der Waals surface area contributed by atoms with Gasteiger partial charge < -0.3 is 10.6 Å². The Hall–Kier alpha value is -1.30. The van der Waals surface area contributed by atoms with Crippen LogP contribution >= 0.6 is 11.8 Å². The SMILES string of the molecule is CN=C(NCC(C)c1ccc(F)c(F)c1)NCC1(C)CCCS1. The molecular formula is C17H25F2N3S. The van der Waals surface area contributed by atoms with Gasteiger partial charge in [0.2, 0.25) is 0 Å². The maximum atomic E-state index is 13.3. The van der Waals surface area contributed by atoms with Crippen molar-refractivity contribution in [1.82, 2.24) is 10.6 Å². The number of guanidine groups is 1. The molecule has 0 radical (unpaired) electrons. The molecule has 1 fully saturated rings. The number of hydrogen-bond donors (Lipinski definition) is 2. The van der Waals surface area contributed by atoms with E-state index < -0.39 is 11.6 Å². The van der Waals surface area contributed by atoms with Crippen LogP contribution in [0.3, 0.4) is 0 Å². The van der Waals surface area contributed by atoms with Crippen molar-refractivity contribution in [2.75, 3.05) is 25.9 Å². The minimum absolute atomic E-state index is 0.0556. The number of rotatable bonds is 5. The zero-order valence-corrected chi connectivity index (χ0v) is 14.8. The number of halogens is 2. The highest BCUT2D eigenvalue weighted by Gasteiger charge is 2.29. The van der Waals surface area contributed by atoms with E-state index in [-0.39, 0.29) is 10.7 Å². The highest BCUT2D eigenvalue weighted by molar-refractivity contribution is 8.00. The van der Waals surface area contributed by atoms with Gasteiger partial charge in [0.25, 0.3) is 0 Å². The van der Waals surface area contributed by atoms with E-state index in [1.807, 2.05) is 18.7 Å². The van der Waals surface area contributed by atoms with E-state index in [4.69, 9.17) is 0 Å². The predicted octanol–water partition coefficient (Wildman–Crippen LogP) is 3.52. The van der Waals surface area contributed by atoms with Crippen molar-refractivity contribution in [3.05, 3.63) is 35.4 Å². The molecule has 0 saturated carbocycles. The molecule has 3 nitrogen and oxygen atoms in total. The fourth-order valence-corrected chi connectivity index (χ4v) is 3.90. The van der Waals surface area contributed by atoms with Crippen molar-refractivity contribution in [2.45, 2.75) is 37.4 Å². The normalized spacial score (nSPS) is 22.9. The van der Waals surface area contributed by atoms with Crippen LogP contribution in [0.4, 0.5) is 8.78 Å². The first-order valence-corrected chi connectivity index (χ1v) is 8.95. The Morgan fingerprint density at radius 3 is 2.74 bits per heavy atom. The minimum atomic E-state index is -0.811. The van der Waals surface area contributed by atoms with Gasteiger partial charge in [-0.25, -0.2) is 8.78 Å². The third-order valence-corrected chi connectivity index (χ3v) is 5.78. The highest BCUT2D eigenvalue weighted by Crippen LogP contribution is 2.36. The molecule has 1 aromatic rings. The van der Waals surface area contributed by atoms with Crippen molar-refractivity contribution in [3.8, 4) is 0 Å². The fraction of sp³-hybridized carbons (Fsp3) is 0.588. The molecule has 2 rings (SSSR count). The quantitative estimate of drug-likeness (QED) is 0.635. The number of aliphatic imine (C=N–C) groups is 1. The van der Waals surface area contributed by atoms with Crippen molar-refractivity contribution >= 4 is 17.7 Å². The zero-order chi connectivity index (χ0) is 16.9. The summed E-state index contributed by atoms with van der Waals surface area (Å²) in [5, 5.41) is 6.62. The van der Waals surface area contributed by atoms with Gasteiger partial charge in [0.05, 0.1) is 0 Å². The Kier molecular flexibility index (Phi) is 6.27. The maximum absolute atomic E-state index is 13.3. The zero-order valence-electron chi connectivity index (χ0n) is 14.0. The molecule has 2 atom stereocenters. The summed E-state index contributed by atoms with van der Waals surface area (Å²) in [6.07, 6.45) is 2.48. The van der Waals surface area contributed by atoms with Gasteiger partial charge in [-0.3, -0.25) is 4.99 Å². The minimum Gasteiger partial charge on any atom is -0.356 e. The van der Waals surface area contributed by atoms with Crippen molar-refractivity contribution in [1.29, 1.82) is 0 Å². The number of nitrogens with one attached hydrogen (secondary N) is 2. The summed E-state index contributed by atoms with van der Waals surface area (Å²) in [4.78, 5) is 4.23. The molecule has 128 valence electrons. The summed E-state index contributed by atoms with van der Waals surface area (Å²) in [5.74, 6) is 0.405. The second kappa shape index (κ2) is 7.99. The summed E-state index contributed by atoms with van der Waals surface area (Å²) in [7, 11) is 1.74. The van der Waals surface area contributed by atoms with Crippen LogP contribution in [-0.2, 0) is 0 Å². The maximum Gasteiger partial charge on any atom is 0.191 e. The first-order chi connectivity index (χ1) is 10.9. The molecule has 1 aliphatic heterocycles. The van der Waals surface area contributed by atoms with Gasteiger partial charge in [-0.2, -0.15) is 11.8 Å². The van der Waals surface area contributed by atoms with Gasteiger partial charge in [-0.05, 0) is 49.1 Å². The Morgan fingerprint density at radius 2 is 2.13 bits per heavy atom. The lowest BCUT2D eigenvalue weighted by Crippen LogP contribution is -2.44. The molecule has 1 saturated heterocycles. The van der Waals surface area contributed by atoms with Crippen LogP contribution in [0, 0.1) is 11.6 Å². The Balaban J connectivity index is 1.83. The molecule has 0 aliphatic carbocycles. The van der Waals surface area contributed by atoms with E-state index in [1.165, 1.54) is 30.7 Å². The van der Waals surface area contributed by atoms with E-state index in [9.17, 15) is 8.78 Å². The second-order valence-corrected chi connectivity index (χ2v) is 7.97. The van der Waals surface area contributed by atoms with E-state index in [1.54, 1.807) is 13.1 Å².